The number of carbonyl (C=O) groups excluding carboxylic acids is 1. The van der Waals surface area contributed by atoms with E-state index in [9.17, 15) is 4.79 Å². The molecule has 1 heteroatoms. The minimum atomic E-state index is 0.768. The lowest BCUT2D eigenvalue weighted by Gasteiger charge is -2.34. The molecule has 0 aromatic carbocycles. The van der Waals surface area contributed by atoms with E-state index in [4.69, 9.17) is 0 Å². The van der Waals surface area contributed by atoms with Crippen molar-refractivity contribution in [1.29, 1.82) is 0 Å². The first kappa shape index (κ1) is 12.7. The van der Waals surface area contributed by atoms with E-state index in [-0.39, 0.29) is 0 Å². The number of hydrogen-bond donors (Lipinski definition) is 0. The second kappa shape index (κ2) is 6.30. The first-order chi connectivity index (χ1) is 7.13. The van der Waals surface area contributed by atoms with E-state index in [1.807, 2.05) is 0 Å². The highest BCUT2D eigenvalue weighted by molar-refractivity contribution is 5.49. The van der Waals surface area contributed by atoms with Gasteiger partial charge in [0.15, 0.2) is 0 Å². The zero-order valence-corrected chi connectivity index (χ0v) is 10.5. The van der Waals surface area contributed by atoms with Gasteiger partial charge in [-0.2, -0.15) is 0 Å². The summed E-state index contributed by atoms with van der Waals surface area (Å²) in [6.07, 6.45) is 8.50. The van der Waals surface area contributed by atoms with Crippen LogP contribution in [0.2, 0.25) is 0 Å². The molecule has 0 aliphatic heterocycles. The lowest BCUT2D eigenvalue weighted by atomic mass is 9.71. The summed E-state index contributed by atoms with van der Waals surface area (Å²) in [6, 6.07) is 0. The lowest BCUT2D eigenvalue weighted by molar-refractivity contribution is -0.108. The van der Waals surface area contributed by atoms with E-state index in [0.717, 1.165) is 42.8 Å². The average Bonchev–Trinajstić information content (AvgIpc) is 2.15. The van der Waals surface area contributed by atoms with E-state index < -0.39 is 0 Å². The smallest absolute Gasteiger partial charge is 0.120 e. The molecule has 15 heavy (non-hydrogen) atoms. The molecule has 1 fully saturated rings. The highest BCUT2D eigenvalue weighted by Gasteiger charge is 2.27. The van der Waals surface area contributed by atoms with Crippen LogP contribution >= 0.6 is 0 Å². The van der Waals surface area contributed by atoms with Crippen molar-refractivity contribution < 1.29 is 4.79 Å². The number of hydrogen-bond acceptors (Lipinski definition) is 1. The molecule has 3 atom stereocenters. The summed E-state index contributed by atoms with van der Waals surface area (Å²) in [6.45, 7) is 7.02. The van der Waals surface area contributed by atoms with Gasteiger partial charge in [0.25, 0.3) is 0 Å². The molecule has 1 nitrogen and oxygen atoms in total. The fourth-order valence-corrected chi connectivity index (χ4v) is 3.16. The molecular weight excluding hydrogens is 184 g/mol. The van der Waals surface area contributed by atoms with Crippen LogP contribution in [0.3, 0.4) is 0 Å². The summed E-state index contributed by atoms with van der Waals surface area (Å²) < 4.78 is 0. The molecule has 0 aromatic rings. The molecule has 1 saturated carbocycles. The Labute approximate surface area is 94.6 Å². The van der Waals surface area contributed by atoms with Crippen molar-refractivity contribution >= 4 is 6.29 Å². The second-order valence-electron chi connectivity index (χ2n) is 5.79. The highest BCUT2D eigenvalue weighted by Crippen LogP contribution is 2.38. The Morgan fingerprint density at radius 2 is 2.07 bits per heavy atom. The molecule has 0 aromatic heterocycles. The predicted molar refractivity (Wildman–Crippen MR) is 64.7 cm³/mol. The van der Waals surface area contributed by atoms with Gasteiger partial charge in [0.05, 0.1) is 0 Å². The van der Waals surface area contributed by atoms with Crippen molar-refractivity contribution in [1.82, 2.24) is 0 Å². The van der Waals surface area contributed by atoms with E-state index in [1.54, 1.807) is 0 Å². The second-order valence-corrected chi connectivity index (χ2v) is 5.79. The fraction of sp³-hybridized carbons (Fsp3) is 0.929. The van der Waals surface area contributed by atoms with Gasteiger partial charge in [-0.3, -0.25) is 0 Å². The third kappa shape index (κ3) is 4.36. The normalized spacial score (nSPS) is 31.9. The minimum absolute atomic E-state index is 0.768. The number of aldehydes is 1. The van der Waals surface area contributed by atoms with Crippen molar-refractivity contribution in [3.8, 4) is 0 Å². The summed E-state index contributed by atoms with van der Waals surface area (Å²) in [5, 5.41) is 0. The molecule has 0 saturated heterocycles. The maximum Gasteiger partial charge on any atom is 0.120 e. The van der Waals surface area contributed by atoms with Crippen molar-refractivity contribution in [2.75, 3.05) is 0 Å². The third-order valence-corrected chi connectivity index (χ3v) is 3.92. The Bertz CT molecular complexity index is 186. The Morgan fingerprint density at radius 1 is 1.33 bits per heavy atom. The summed E-state index contributed by atoms with van der Waals surface area (Å²) in [5.74, 6) is 3.45. The van der Waals surface area contributed by atoms with E-state index >= 15 is 0 Å². The zero-order chi connectivity index (χ0) is 11.3. The molecule has 0 heterocycles. The lowest BCUT2D eigenvalue weighted by Crippen LogP contribution is -2.23. The monoisotopic (exact) mass is 210 g/mol. The van der Waals surface area contributed by atoms with E-state index in [2.05, 4.69) is 20.8 Å². The van der Waals surface area contributed by atoms with Crippen LogP contribution in [-0.4, -0.2) is 6.29 Å². The summed E-state index contributed by atoms with van der Waals surface area (Å²) in [5.41, 5.74) is 0. The first-order valence-electron chi connectivity index (χ1n) is 6.57. The molecular formula is C14H26O. The molecule has 1 aliphatic carbocycles. The maximum atomic E-state index is 10.4. The molecule has 0 radical (unpaired) electrons. The summed E-state index contributed by atoms with van der Waals surface area (Å²) in [7, 11) is 0. The fourth-order valence-electron chi connectivity index (χ4n) is 3.16. The SMILES string of the molecule is CC(C)C[C@H]1CC[C@H](CCC=O)[C@@H](C)C1. The quantitative estimate of drug-likeness (QED) is 0.625. The molecule has 1 aliphatic rings. The topological polar surface area (TPSA) is 17.1 Å². The van der Waals surface area contributed by atoms with Gasteiger partial charge in [-0.25, -0.2) is 0 Å². The van der Waals surface area contributed by atoms with Crippen molar-refractivity contribution in [3.05, 3.63) is 0 Å². The van der Waals surface area contributed by atoms with Crippen LogP contribution in [0.25, 0.3) is 0 Å². The molecule has 0 amide bonds. The standard InChI is InChI=1S/C14H26O/c1-11(2)9-13-6-7-14(5-4-8-15)12(3)10-13/h8,11-14H,4-7,9-10H2,1-3H3/t12-,13+,14-/m0/s1. The van der Waals surface area contributed by atoms with Gasteiger partial charge in [-0.1, -0.05) is 27.2 Å². The van der Waals surface area contributed by atoms with Gasteiger partial charge in [-0.15, -0.1) is 0 Å². The van der Waals surface area contributed by atoms with Gasteiger partial charge in [0.2, 0.25) is 0 Å². The molecule has 0 bridgehead atoms. The predicted octanol–water partition coefficient (Wildman–Crippen LogP) is 4.06. The summed E-state index contributed by atoms with van der Waals surface area (Å²) >= 11 is 0. The first-order valence-corrected chi connectivity index (χ1v) is 6.57. The van der Waals surface area contributed by atoms with Crippen LogP contribution in [0.15, 0.2) is 0 Å². The van der Waals surface area contributed by atoms with Crippen LogP contribution in [-0.2, 0) is 4.79 Å². The van der Waals surface area contributed by atoms with Gasteiger partial charge in [0.1, 0.15) is 6.29 Å². The van der Waals surface area contributed by atoms with Gasteiger partial charge >= 0.3 is 0 Å². The average molecular weight is 210 g/mol. The van der Waals surface area contributed by atoms with Crippen molar-refractivity contribution in [2.45, 2.75) is 59.3 Å². The number of rotatable bonds is 5. The van der Waals surface area contributed by atoms with Crippen molar-refractivity contribution in [3.63, 3.8) is 0 Å². The van der Waals surface area contributed by atoms with E-state index in [0.29, 0.717) is 0 Å². The van der Waals surface area contributed by atoms with E-state index in [1.165, 1.54) is 25.7 Å². The Hall–Kier alpha value is -0.330. The molecule has 0 unspecified atom stereocenters. The Kier molecular flexibility index (Phi) is 5.35. The Balaban J connectivity index is 2.30. The van der Waals surface area contributed by atoms with Gasteiger partial charge in [0, 0.05) is 6.42 Å². The van der Waals surface area contributed by atoms with Crippen molar-refractivity contribution in [2.24, 2.45) is 23.7 Å². The molecule has 0 N–H and O–H groups in total. The summed E-state index contributed by atoms with van der Waals surface area (Å²) in [4.78, 5) is 10.4. The zero-order valence-electron chi connectivity index (χ0n) is 10.5. The molecule has 88 valence electrons. The Morgan fingerprint density at radius 3 is 2.60 bits per heavy atom. The largest absolute Gasteiger partial charge is 0.303 e. The minimum Gasteiger partial charge on any atom is -0.303 e. The molecule has 1 rings (SSSR count). The van der Waals surface area contributed by atoms with Crippen LogP contribution in [0, 0.1) is 23.7 Å². The number of carbonyl (C=O) groups is 1. The highest BCUT2D eigenvalue weighted by atomic mass is 16.1. The van der Waals surface area contributed by atoms with Gasteiger partial charge in [-0.05, 0) is 49.4 Å². The molecule has 0 spiro atoms. The third-order valence-electron chi connectivity index (χ3n) is 3.92. The van der Waals surface area contributed by atoms with Crippen LogP contribution in [0.1, 0.15) is 59.3 Å². The maximum absolute atomic E-state index is 10.4. The van der Waals surface area contributed by atoms with Crippen LogP contribution < -0.4 is 0 Å². The van der Waals surface area contributed by atoms with Crippen LogP contribution in [0.5, 0.6) is 0 Å². The van der Waals surface area contributed by atoms with Gasteiger partial charge < -0.3 is 4.79 Å². The van der Waals surface area contributed by atoms with Crippen LogP contribution in [0.4, 0.5) is 0 Å².